The summed E-state index contributed by atoms with van der Waals surface area (Å²) in [5.74, 6) is 0.208. The Labute approximate surface area is 200 Å². The standard InChI is InChI=1S/C24H40I2O2/c1-3-5-7-9-11-13-15-17-19-20(18-16-14-12-10-8-6-4-2)23(27)24(28)22(26)21(19)25/h27-28H,3-18H2,1-2H3. The minimum Gasteiger partial charge on any atom is -0.504 e. The van der Waals surface area contributed by atoms with Crippen molar-refractivity contribution in [2.75, 3.05) is 0 Å². The molecule has 2 nitrogen and oxygen atoms in total. The molecular weight excluding hydrogens is 574 g/mol. The van der Waals surface area contributed by atoms with Gasteiger partial charge in [-0.2, -0.15) is 0 Å². The Kier molecular flexibility index (Phi) is 15.1. The van der Waals surface area contributed by atoms with E-state index in [0.717, 1.165) is 32.0 Å². The SMILES string of the molecule is CCCCCCCCCc1c(O)c(O)c(I)c(I)c1CCCCCCCCC. The van der Waals surface area contributed by atoms with Crippen molar-refractivity contribution >= 4 is 45.2 Å². The summed E-state index contributed by atoms with van der Waals surface area (Å²) in [5.41, 5.74) is 2.28. The number of unbranched alkanes of at least 4 members (excludes halogenated alkanes) is 12. The van der Waals surface area contributed by atoms with E-state index >= 15 is 0 Å². The van der Waals surface area contributed by atoms with E-state index in [9.17, 15) is 10.2 Å². The maximum atomic E-state index is 10.6. The monoisotopic (exact) mass is 614 g/mol. The van der Waals surface area contributed by atoms with Gasteiger partial charge in [0.15, 0.2) is 11.5 Å². The van der Waals surface area contributed by atoms with E-state index in [1.807, 2.05) is 0 Å². The van der Waals surface area contributed by atoms with E-state index in [-0.39, 0.29) is 11.5 Å². The lowest BCUT2D eigenvalue weighted by Crippen LogP contribution is -2.02. The van der Waals surface area contributed by atoms with Crippen LogP contribution in [0.15, 0.2) is 0 Å². The minimum atomic E-state index is 0.0752. The molecule has 162 valence electrons. The second-order valence-corrected chi connectivity index (χ2v) is 10.2. The molecule has 0 radical (unpaired) electrons. The van der Waals surface area contributed by atoms with Crippen molar-refractivity contribution in [3.8, 4) is 11.5 Å². The van der Waals surface area contributed by atoms with Crippen LogP contribution in [-0.4, -0.2) is 10.2 Å². The van der Waals surface area contributed by atoms with Gasteiger partial charge < -0.3 is 10.2 Å². The molecule has 0 aromatic heterocycles. The number of hydrogen-bond acceptors (Lipinski definition) is 2. The van der Waals surface area contributed by atoms with Crippen LogP contribution in [0.4, 0.5) is 0 Å². The zero-order valence-electron chi connectivity index (χ0n) is 18.0. The van der Waals surface area contributed by atoms with E-state index in [4.69, 9.17) is 0 Å². The van der Waals surface area contributed by atoms with E-state index in [2.05, 4.69) is 59.0 Å². The molecule has 4 heteroatoms. The van der Waals surface area contributed by atoms with Crippen LogP contribution in [0, 0.1) is 7.14 Å². The Morgan fingerprint density at radius 3 is 1.36 bits per heavy atom. The Bertz CT molecular complexity index is 509. The molecule has 0 aliphatic carbocycles. The number of phenols is 2. The lowest BCUT2D eigenvalue weighted by atomic mass is 9.95. The Morgan fingerprint density at radius 1 is 0.500 bits per heavy atom. The molecule has 0 aliphatic rings. The highest BCUT2D eigenvalue weighted by atomic mass is 127. The van der Waals surface area contributed by atoms with Crippen LogP contribution in [0.2, 0.25) is 0 Å². The fourth-order valence-electron chi connectivity index (χ4n) is 3.81. The predicted molar refractivity (Wildman–Crippen MR) is 139 cm³/mol. The van der Waals surface area contributed by atoms with Crippen molar-refractivity contribution < 1.29 is 10.2 Å². The van der Waals surface area contributed by atoms with Crippen LogP contribution >= 0.6 is 45.2 Å². The van der Waals surface area contributed by atoms with Gasteiger partial charge in [-0.1, -0.05) is 90.9 Å². The highest BCUT2D eigenvalue weighted by molar-refractivity contribution is 14.1. The number of rotatable bonds is 16. The van der Waals surface area contributed by atoms with Crippen molar-refractivity contribution in [1.29, 1.82) is 0 Å². The summed E-state index contributed by atoms with van der Waals surface area (Å²) in [7, 11) is 0. The quantitative estimate of drug-likeness (QED) is 0.111. The second-order valence-electron chi connectivity index (χ2n) is 8.02. The summed E-state index contributed by atoms with van der Waals surface area (Å²) >= 11 is 4.52. The first-order valence-electron chi connectivity index (χ1n) is 11.4. The average molecular weight is 614 g/mol. The summed E-state index contributed by atoms with van der Waals surface area (Å²) < 4.78 is 1.94. The van der Waals surface area contributed by atoms with Crippen LogP contribution in [0.3, 0.4) is 0 Å². The molecule has 0 heterocycles. The number of hydrogen-bond donors (Lipinski definition) is 2. The summed E-state index contributed by atoms with van der Waals surface area (Å²) in [4.78, 5) is 0. The first-order chi connectivity index (χ1) is 13.5. The van der Waals surface area contributed by atoms with Crippen molar-refractivity contribution in [2.45, 2.75) is 117 Å². The summed E-state index contributed by atoms with van der Waals surface area (Å²) in [6.07, 6.45) is 19.9. The fourth-order valence-corrected chi connectivity index (χ4v) is 5.24. The number of phenolic OH excluding ortho intramolecular Hbond substituents is 2. The number of benzene rings is 1. The molecule has 1 aromatic carbocycles. The molecular formula is C24H40I2O2. The van der Waals surface area contributed by atoms with Gasteiger partial charge in [-0.05, 0) is 76.4 Å². The molecule has 1 aromatic rings. The first-order valence-corrected chi connectivity index (χ1v) is 13.6. The van der Waals surface area contributed by atoms with Crippen LogP contribution in [0.25, 0.3) is 0 Å². The Morgan fingerprint density at radius 2 is 0.893 bits per heavy atom. The third-order valence-corrected chi connectivity index (χ3v) is 8.87. The largest absolute Gasteiger partial charge is 0.504 e. The molecule has 0 atom stereocenters. The molecule has 0 aliphatic heterocycles. The van der Waals surface area contributed by atoms with E-state index in [0.29, 0.717) is 0 Å². The molecule has 0 amide bonds. The maximum absolute atomic E-state index is 10.6. The highest BCUT2D eigenvalue weighted by Crippen LogP contribution is 2.41. The third kappa shape index (κ3) is 9.40. The van der Waals surface area contributed by atoms with E-state index < -0.39 is 0 Å². The lowest BCUT2D eigenvalue weighted by Gasteiger charge is -2.17. The van der Waals surface area contributed by atoms with Gasteiger partial charge in [-0.15, -0.1) is 0 Å². The van der Waals surface area contributed by atoms with Crippen LogP contribution < -0.4 is 0 Å². The van der Waals surface area contributed by atoms with E-state index in [1.54, 1.807) is 0 Å². The molecule has 0 unspecified atom stereocenters. The number of halogens is 2. The predicted octanol–water partition coefficient (Wildman–Crippen LogP) is 8.89. The van der Waals surface area contributed by atoms with Crippen molar-refractivity contribution in [2.24, 2.45) is 0 Å². The fraction of sp³-hybridized carbons (Fsp3) is 0.750. The van der Waals surface area contributed by atoms with Gasteiger partial charge in [0.05, 0.1) is 3.57 Å². The Hall–Kier alpha value is 0.280. The van der Waals surface area contributed by atoms with Gasteiger partial charge >= 0.3 is 0 Å². The highest BCUT2D eigenvalue weighted by Gasteiger charge is 2.20. The zero-order chi connectivity index (χ0) is 20.8. The second kappa shape index (κ2) is 16.0. The molecule has 0 fully saturated rings. The van der Waals surface area contributed by atoms with Crippen LogP contribution in [0.1, 0.15) is 115 Å². The van der Waals surface area contributed by atoms with Gasteiger partial charge in [-0.3, -0.25) is 0 Å². The normalized spacial score (nSPS) is 11.3. The minimum absolute atomic E-state index is 0.0752. The van der Waals surface area contributed by atoms with Crippen molar-refractivity contribution in [1.82, 2.24) is 0 Å². The summed E-state index contributed by atoms with van der Waals surface area (Å²) in [5, 5.41) is 20.9. The zero-order valence-corrected chi connectivity index (χ0v) is 22.3. The average Bonchev–Trinajstić information content (AvgIpc) is 2.70. The van der Waals surface area contributed by atoms with Crippen LogP contribution in [-0.2, 0) is 12.8 Å². The smallest absolute Gasteiger partial charge is 0.172 e. The van der Waals surface area contributed by atoms with E-state index in [1.165, 1.54) is 89.0 Å². The maximum Gasteiger partial charge on any atom is 0.172 e. The third-order valence-electron chi connectivity index (χ3n) is 5.60. The summed E-state index contributed by atoms with van der Waals surface area (Å²) in [6.45, 7) is 4.51. The molecule has 0 saturated carbocycles. The Balaban J connectivity index is 2.60. The van der Waals surface area contributed by atoms with Crippen LogP contribution in [0.5, 0.6) is 11.5 Å². The van der Waals surface area contributed by atoms with Gasteiger partial charge in [0.2, 0.25) is 0 Å². The van der Waals surface area contributed by atoms with Crippen molar-refractivity contribution in [3.63, 3.8) is 0 Å². The molecule has 1 rings (SSSR count). The topological polar surface area (TPSA) is 40.5 Å². The van der Waals surface area contributed by atoms with Gasteiger partial charge in [0, 0.05) is 9.13 Å². The van der Waals surface area contributed by atoms with Gasteiger partial charge in [-0.25, -0.2) is 0 Å². The lowest BCUT2D eigenvalue weighted by molar-refractivity contribution is 0.394. The van der Waals surface area contributed by atoms with Gasteiger partial charge in [0.25, 0.3) is 0 Å². The van der Waals surface area contributed by atoms with Gasteiger partial charge in [0.1, 0.15) is 0 Å². The molecule has 0 saturated heterocycles. The first kappa shape index (κ1) is 26.3. The van der Waals surface area contributed by atoms with Crippen molar-refractivity contribution in [3.05, 3.63) is 18.3 Å². The summed E-state index contributed by atoms with van der Waals surface area (Å²) in [6, 6.07) is 0. The molecule has 28 heavy (non-hydrogen) atoms. The molecule has 0 spiro atoms. The molecule has 0 bridgehead atoms. The number of aromatic hydroxyl groups is 2. The molecule has 2 N–H and O–H groups in total.